The first kappa shape index (κ1) is 69.3. The third kappa shape index (κ3) is 41.6. The van der Waals surface area contributed by atoms with Crippen molar-refractivity contribution in [1.82, 2.24) is 10.6 Å². The van der Waals surface area contributed by atoms with Gasteiger partial charge in [0.2, 0.25) is 11.8 Å². The molecule has 2 N–H and O–H groups in total. The Kier molecular flexibility index (Phi) is 39.9. The van der Waals surface area contributed by atoms with E-state index in [1.165, 1.54) is 122 Å². The van der Waals surface area contributed by atoms with E-state index in [-0.39, 0.29) is 68.1 Å². The number of unbranched alkanes of at least 4 members (excludes halogenated alkanes) is 25. The van der Waals surface area contributed by atoms with Gasteiger partial charge in [-0.05, 0) is 93.9 Å². The van der Waals surface area contributed by atoms with Crippen molar-refractivity contribution in [2.45, 2.75) is 312 Å². The van der Waals surface area contributed by atoms with Gasteiger partial charge in [-0.25, -0.2) is 4.79 Å². The molecule has 0 rings (SSSR count). The van der Waals surface area contributed by atoms with Crippen LogP contribution < -0.4 is 10.6 Å². The van der Waals surface area contributed by atoms with Gasteiger partial charge >= 0.3 is 17.9 Å². The maximum atomic E-state index is 13.9. The SMILES string of the molecule is CCCCCCCCCCCCCCCC(=O)OCC(COC(=O)C(CCCCNC(=O)C(C)(C)COC(C)(C)C)NC(=O)C(C)(C)CCOC(C)(C)C)OC(=O)CCCCCCCCCCCCCCC. The molecule has 0 aromatic carbocycles. The summed E-state index contributed by atoms with van der Waals surface area (Å²) < 4.78 is 29.1. The number of hydrogen-bond acceptors (Lipinski definition) is 10. The molecule has 0 saturated carbocycles. The van der Waals surface area contributed by atoms with Crippen molar-refractivity contribution in [1.29, 1.82) is 0 Å². The van der Waals surface area contributed by atoms with Crippen molar-refractivity contribution in [3.05, 3.63) is 0 Å². The first-order valence-electron chi connectivity index (χ1n) is 29.4. The van der Waals surface area contributed by atoms with E-state index in [1.54, 1.807) is 0 Å². The van der Waals surface area contributed by atoms with Crippen molar-refractivity contribution < 1.29 is 47.7 Å². The van der Waals surface area contributed by atoms with E-state index >= 15 is 0 Å². The molecule has 0 aliphatic rings. The summed E-state index contributed by atoms with van der Waals surface area (Å²) in [5, 5.41) is 5.93. The van der Waals surface area contributed by atoms with Crippen LogP contribution in [-0.4, -0.2) is 86.0 Å². The molecule has 0 aromatic heterocycles. The van der Waals surface area contributed by atoms with Crippen molar-refractivity contribution in [3.8, 4) is 0 Å². The Balaban J connectivity index is 5.55. The van der Waals surface area contributed by atoms with Crippen molar-refractivity contribution >= 4 is 29.7 Å². The molecule has 424 valence electrons. The molecule has 12 heteroatoms. The molecule has 0 aromatic rings. The van der Waals surface area contributed by atoms with Crippen LogP contribution in [0.5, 0.6) is 0 Å². The minimum absolute atomic E-state index is 0.130. The predicted octanol–water partition coefficient (Wildman–Crippen LogP) is 14.8. The zero-order valence-electron chi connectivity index (χ0n) is 48.9. The van der Waals surface area contributed by atoms with Crippen LogP contribution in [0.4, 0.5) is 0 Å². The van der Waals surface area contributed by atoms with Crippen LogP contribution >= 0.6 is 0 Å². The summed E-state index contributed by atoms with van der Waals surface area (Å²) in [6.07, 6.45) is 32.5. The summed E-state index contributed by atoms with van der Waals surface area (Å²) >= 11 is 0. The van der Waals surface area contributed by atoms with Crippen molar-refractivity contribution in [3.63, 3.8) is 0 Å². The number of carbonyl (C=O) groups excluding carboxylic acids is 5. The Morgan fingerprint density at radius 2 is 0.861 bits per heavy atom. The topological polar surface area (TPSA) is 156 Å². The highest BCUT2D eigenvalue weighted by Gasteiger charge is 2.34. The lowest BCUT2D eigenvalue weighted by molar-refractivity contribution is -0.168. The lowest BCUT2D eigenvalue weighted by atomic mass is 9.88. The molecule has 2 atom stereocenters. The molecule has 2 amide bonds. The van der Waals surface area contributed by atoms with Crippen LogP contribution in [0.2, 0.25) is 0 Å². The molecule has 0 aliphatic carbocycles. The highest BCUT2D eigenvalue weighted by molar-refractivity contribution is 5.87. The van der Waals surface area contributed by atoms with Gasteiger partial charge in [0.05, 0.1) is 23.2 Å². The molecule has 72 heavy (non-hydrogen) atoms. The number of ether oxygens (including phenoxy) is 5. The fourth-order valence-corrected chi connectivity index (χ4v) is 8.17. The summed E-state index contributed by atoms with van der Waals surface area (Å²) in [4.78, 5) is 66.8. The van der Waals surface area contributed by atoms with Crippen LogP contribution in [0.1, 0.15) is 289 Å². The summed E-state index contributed by atoms with van der Waals surface area (Å²) in [6, 6.07) is -1.01. The van der Waals surface area contributed by atoms with E-state index in [0.717, 1.165) is 38.5 Å². The number of esters is 3. The highest BCUT2D eigenvalue weighted by Crippen LogP contribution is 2.24. The zero-order chi connectivity index (χ0) is 54.2. The fourth-order valence-electron chi connectivity index (χ4n) is 8.17. The van der Waals surface area contributed by atoms with Gasteiger partial charge in [-0.3, -0.25) is 19.2 Å². The van der Waals surface area contributed by atoms with Gasteiger partial charge in [-0.15, -0.1) is 0 Å². The quantitative estimate of drug-likeness (QED) is 0.0342. The molecule has 12 nitrogen and oxygen atoms in total. The average Bonchev–Trinajstić information content (AvgIpc) is 3.30. The average molecular weight is 1020 g/mol. The molecule has 0 aliphatic heterocycles. The van der Waals surface area contributed by atoms with E-state index < -0.39 is 34.9 Å². The third-order valence-corrected chi connectivity index (χ3v) is 13.3. The lowest BCUT2D eigenvalue weighted by Crippen LogP contribution is -2.48. The van der Waals surface area contributed by atoms with Gasteiger partial charge in [0.1, 0.15) is 19.3 Å². The van der Waals surface area contributed by atoms with Gasteiger partial charge < -0.3 is 34.3 Å². The maximum Gasteiger partial charge on any atom is 0.328 e. The number of nitrogens with one attached hydrogen (secondary N) is 2. The fraction of sp³-hybridized carbons (Fsp3) is 0.917. The van der Waals surface area contributed by atoms with Crippen LogP contribution in [0, 0.1) is 10.8 Å². The first-order chi connectivity index (χ1) is 34.0. The number of rotatable bonds is 47. The molecule has 0 heterocycles. The van der Waals surface area contributed by atoms with E-state index in [9.17, 15) is 24.0 Å². The second-order valence-electron chi connectivity index (χ2n) is 24.1. The van der Waals surface area contributed by atoms with Gasteiger partial charge in [0, 0.05) is 31.4 Å². The maximum absolute atomic E-state index is 13.9. The molecule has 0 bridgehead atoms. The van der Waals surface area contributed by atoms with Gasteiger partial charge in [-0.1, -0.05) is 182 Å². The first-order valence-corrected chi connectivity index (χ1v) is 29.4. The molecular weight excluding hydrogens is 909 g/mol. The summed E-state index contributed by atoms with van der Waals surface area (Å²) in [7, 11) is 0. The highest BCUT2D eigenvalue weighted by atomic mass is 16.6. The predicted molar refractivity (Wildman–Crippen MR) is 295 cm³/mol. The second-order valence-corrected chi connectivity index (χ2v) is 24.1. The molecular formula is C60H114N2O10. The van der Waals surface area contributed by atoms with E-state index in [0.29, 0.717) is 38.8 Å². The van der Waals surface area contributed by atoms with Crippen LogP contribution in [0.3, 0.4) is 0 Å². The number of hydrogen-bond donors (Lipinski definition) is 2. The van der Waals surface area contributed by atoms with Gasteiger partial charge in [0.15, 0.2) is 6.10 Å². The smallest absolute Gasteiger partial charge is 0.328 e. The van der Waals surface area contributed by atoms with Crippen molar-refractivity contribution in [2.75, 3.05) is 33.0 Å². The third-order valence-electron chi connectivity index (χ3n) is 13.3. The van der Waals surface area contributed by atoms with E-state index in [4.69, 9.17) is 23.7 Å². The summed E-state index contributed by atoms with van der Waals surface area (Å²) in [6.45, 7) is 24.0. The molecule has 0 fully saturated rings. The largest absolute Gasteiger partial charge is 0.462 e. The van der Waals surface area contributed by atoms with Crippen LogP contribution in [0.15, 0.2) is 0 Å². The molecule has 0 spiro atoms. The molecule has 0 saturated heterocycles. The summed E-state index contributed by atoms with van der Waals surface area (Å²) in [5.74, 6) is -1.92. The van der Waals surface area contributed by atoms with Crippen molar-refractivity contribution in [2.24, 2.45) is 10.8 Å². The number of carbonyl (C=O) groups is 5. The van der Waals surface area contributed by atoms with E-state index in [1.807, 2.05) is 69.2 Å². The molecule has 0 radical (unpaired) electrons. The Labute approximate surface area is 442 Å². The van der Waals surface area contributed by atoms with Crippen LogP contribution in [0.25, 0.3) is 0 Å². The Morgan fingerprint density at radius 1 is 0.444 bits per heavy atom. The van der Waals surface area contributed by atoms with E-state index in [2.05, 4.69) is 24.5 Å². The Bertz CT molecular complexity index is 1400. The van der Waals surface area contributed by atoms with Crippen LogP contribution in [-0.2, 0) is 47.7 Å². The molecule has 2 unspecified atom stereocenters. The number of amides is 2. The second kappa shape index (κ2) is 41.5. The minimum Gasteiger partial charge on any atom is -0.462 e. The minimum atomic E-state index is -1.01. The summed E-state index contributed by atoms with van der Waals surface area (Å²) in [5.41, 5.74) is -2.33. The van der Waals surface area contributed by atoms with Gasteiger partial charge in [-0.2, -0.15) is 0 Å². The normalized spacial score (nSPS) is 13.1. The Hall–Kier alpha value is -2.73. The standard InChI is InChI=1S/C60H114N2O10/c1-13-15-17-19-21-23-25-27-29-31-33-35-37-42-52(63)68-47-50(72-53(64)43-38-36-34-32-30-28-26-24-22-20-18-16-14-2)48-69-54(65)51(62-56(67)59(9,10)44-46-70-57(3,4)5)41-39-40-45-61-55(66)60(11,12)49-71-58(6,7)8/h50-51H,13-49H2,1-12H3,(H,61,66)(H,62,67). The Morgan fingerprint density at radius 3 is 1.31 bits per heavy atom. The van der Waals surface area contributed by atoms with Gasteiger partial charge in [0.25, 0.3) is 0 Å². The monoisotopic (exact) mass is 1020 g/mol. The zero-order valence-corrected chi connectivity index (χ0v) is 48.9. The lowest BCUT2D eigenvalue weighted by Gasteiger charge is -2.29.